The maximum atomic E-state index is 5.29. The molecule has 0 bridgehead atoms. The van der Waals surface area contributed by atoms with Crippen LogP contribution in [0.3, 0.4) is 0 Å². The summed E-state index contributed by atoms with van der Waals surface area (Å²) in [7, 11) is 0. The zero-order valence-electron chi connectivity index (χ0n) is 28.1. The zero-order chi connectivity index (χ0) is 33.5. The Kier molecular flexibility index (Phi) is 9.20. The van der Waals surface area contributed by atoms with Crippen LogP contribution >= 0.6 is 0 Å². The van der Waals surface area contributed by atoms with Gasteiger partial charge in [0.2, 0.25) is 0 Å². The maximum Gasteiger partial charge on any atom is 0.160 e. The fourth-order valence-corrected chi connectivity index (χ4v) is 7.09. The monoisotopic (exact) mass is 645 g/mol. The molecule has 0 aliphatic heterocycles. The lowest BCUT2D eigenvalue weighted by Gasteiger charge is -2.23. The van der Waals surface area contributed by atoms with Crippen molar-refractivity contribution in [2.45, 2.75) is 38.0 Å². The van der Waals surface area contributed by atoms with E-state index >= 15 is 0 Å². The second kappa shape index (κ2) is 14.7. The van der Waals surface area contributed by atoms with Crippen LogP contribution < -0.4 is 0 Å². The molecule has 242 valence electrons. The fourth-order valence-electron chi connectivity index (χ4n) is 7.09. The highest BCUT2D eigenvalue weighted by Gasteiger charge is 2.22. The summed E-state index contributed by atoms with van der Waals surface area (Å²) in [6.45, 7) is 0. The molecule has 2 aromatic heterocycles. The zero-order valence-corrected chi connectivity index (χ0v) is 28.1. The first-order valence-electron chi connectivity index (χ1n) is 17.7. The Hall–Kier alpha value is -5.93. The smallest absolute Gasteiger partial charge is 0.160 e. The molecule has 0 amide bonds. The van der Waals surface area contributed by atoms with Gasteiger partial charge in [-0.1, -0.05) is 146 Å². The third-order valence-corrected chi connectivity index (χ3v) is 9.77. The average molecular weight is 646 g/mol. The van der Waals surface area contributed by atoms with Crippen LogP contribution in [0, 0.1) is 0 Å². The van der Waals surface area contributed by atoms with Crippen LogP contribution in [0.4, 0.5) is 0 Å². The van der Waals surface area contributed by atoms with Gasteiger partial charge in [-0.05, 0) is 88.4 Å². The van der Waals surface area contributed by atoms with E-state index in [9.17, 15) is 0 Å². The summed E-state index contributed by atoms with van der Waals surface area (Å²) in [6.07, 6.45) is 18.2. The summed E-state index contributed by atoms with van der Waals surface area (Å²) >= 11 is 0. The molecule has 2 aliphatic carbocycles. The van der Waals surface area contributed by atoms with Gasteiger partial charge in [0, 0.05) is 35.1 Å². The molecule has 6 aromatic rings. The Morgan fingerprint density at radius 3 is 2.20 bits per heavy atom. The summed E-state index contributed by atoms with van der Waals surface area (Å²) in [5.74, 6) is 1.03. The van der Waals surface area contributed by atoms with Crippen molar-refractivity contribution in [1.29, 1.82) is 0 Å². The molecule has 0 saturated heterocycles. The van der Waals surface area contributed by atoms with E-state index in [1.807, 2.05) is 30.6 Å². The second-order valence-electron chi connectivity index (χ2n) is 13.0. The Morgan fingerprint density at radius 1 is 0.560 bits per heavy atom. The standard InChI is InChI=1S/C47H39N3/c1-2-5-16-42(33-48-30-10-3-1)40-18-11-19-41(31-40)46-32-45(38-26-22-35(23-27-38)34-13-6-4-7-14-34)49-47(50-46)39-28-24-37(25-29-39)44-21-12-17-36-15-8-9-20-43(36)44/h1-3,5-6,8-10,12-18,20-30,32-33,41H,4,7,11,19,31H2. The SMILES string of the molecule is C1=CC(c2ccc(-c3cc(C4CCC=C(c5cccccccnc5)C4)nc(-c4ccc(-c5cccc6ccccc56)cc4)n3)cc2)=CCC1. The van der Waals surface area contributed by atoms with E-state index in [0.717, 1.165) is 66.0 Å². The van der Waals surface area contributed by atoms with Crippen LogP contribution in [-0.2, 0) is 0 Å². The third kappa shape index (κ3) is 6.95. The number of allylic oxidation sites excluding steroid dienone is 6. The normalized spacial score (nSPS) is 15.6. The molecule has 2 heterocycles. The van der Waals surface area contributed by atoms with Crippen molar-refractivity contribution >= 4 is 21.9 Å². The van der Waals surface area contributed by atoms with E-state index in [-0.39, 0.29) is 5.92 Å². The van der Waals surface area contributed by atoms with Crippen LogP contribution in [-0.4, -0.2) is 15.0 Å². The first-order chi connectivity index (χ1) is 24.8. The maximum absolute atomic E-state index is 5.29. The topological polar surface area (TPSA) is 38.7 Å². The summed E-state index contributed by atoms with van der Waals surface area (Å²) in [5, 5.41) is 2.50. The number of fused-ring (bicyclic) bond motifs is 1. The van der Waals surface area contributed by atoms with Crippen molar-refractivity contribution in [2.75, 3.05) is 0 Å². The Bertz CT molecular complexity index is 2260. The first-order valence-corrected chi connectivity index (χ1v) is 17.7. The number of rotatable bonds is 6. The summed E-state index contributed by atoms with van der Waals surface area (Å²) in [6, 6.07) is 47.2. The molecular formula is C47H39N3. The predicted octanol–water partition coefficient (Wildman–Crippen LogP) is 12.2. The molecule has 0 spiro atoms. The van der Waals surface area contributed by atoms with Gasteiger partial charge >= 0.3 is 0 Å². The highest BCUT2D eigenvalue weighted by molar-refractivity contribution is 5.96. The molecule has 0 N–H and O–H groups in total. The predicted molar refractivity (Wildman–Crippen MR) is 209 cm³/mol. The van der Waals surface area contributed by atoms with Crippen LogP contribution in [0.25, 0.3) is 55.7 Å². The lowest BCUT2D eigenvalue weighted by atomic mass is 9.83. The van der Waals surface area contributed by atoms with Crippen LogP contribution in [0.2, 0.25) is 0 Å². The first kappa shape index (κ1) is 31.3. The minimum absolute atomic E-state index is 0.270. The summed E-state index contributed by atoms with van der Waals surface area (Å²) in [5.41, 5.74) is 11.6. The Morgan fingerprint density at radius 2 is 1.32 bits per heavy atom. The molecule has 50 heavy (non-hydrogen) atoms. The van der Waals surface area contributed by atoms with E-state index in [4.69, 9.17) is 9.97 Å². The largest absolute Gasteiger partial charge is 0.264 e. The highest BCUT2D eigenvalue weighted by Crippen LogP contribution is 2.38. The van der Waals surface area contributed by atoms with Gasteiger partial charge in [-0.2, -0.15) is 0 Å². The number of hydrogen-bond acceptors (Lipinski definition) is 3. The quantitative estimate of drug-likeness (QED) is 0.181. The van der Waals surface area contributed by atoms with Crippen LogP contribution in [0.5, 0.6) is 0 Å². The minimum atomic E-state index is 0.270. The third-order valence-electron chi connectivity index (χ3n) is 9.77. The van der Waals surface area contributed by atoms with E-state index < -0.39 is 0 Å². The molecule has 2 aliphatic rings. The van der Waals surface area contributed by atoms with Gasteiger partial charge in [0.25, 0.3) is 0 Å². The molecule has 0 saturated carbocycles. The molecule has 1 atom stereocenters. The molecule has 0 radical (unpaired) electrons. The van der Waals surface area contributed by atoms with Gasteiger partial charge in [0.1, 0.15) is 0 Å². The lowest BCUT2D eigenvalue weighted by Crippen LogP contribution is -2.09. The molecular weight excluding hydrogens is 607 g/mol. The van der Waals surface area contributed by atoms with Gasteiger partial charge in [-0.15, -0.1) is 0 Å². The summed E-state index contributed by atoms with van der Waals surface area (Å²) in [4.78, 5) is 15.0. The van der Waals surface area contributed by atoms with E-state index in [1.54, 1.807) is 0 Å². The molecule has 3 nitrogen and oxygen atoms in total. The Labute approximate surface area is 294 Å². The number of nitrogens with zero attached hydrogens (tertiary/aromatic N) is 3. The Balaban J connectivity index is 1.17. The van der Waals surface area contributed by atoms with E-state index in [0.29, 0.717) is 0 Å². The number of benzene rings is 4. The van der Waals surface area contributed by atoms with Crippen molar-refractivity contribution in [1.82, 2.24) is 15.0 Å². The van der Waals surface area contributed by atoms with Crippen molar-refractivity contribution in [2.24, 2.45) is 0 Å². The van der Waals surface area contributed by atoms with E-state index in [1.165, 1.54) is 38.6 Å². The van der Waals surface area contributed by atoms with Crippen molar-refractivity contribution < 1.29 is 0 Å². The number of hydrogen-bond donors (Lipinski definition) is 0. The average Bonchev–Trinajstić information content (AvgIpc) is 3.20. The molecule has 1 unspecified atom stereocenters. The van der Waals surface area contributed by atoms with Crippen molar-refractivity contribution in [3.05, 3.63) is 187 Å². The van der Waals surface area contributed by atoms with Crippen molar-refractivity contribution in [3.63, 3.8) is 0 Å². The molecule has 4 aromatic carbocycles. The van der Waals surface area contributed by atoms with Gasteiger partial charge in [-0.25, -0.2) is 9.97 Å². The van der Waals surface area contributed by atoms with Crippen molar-refractivity contribution in [3.8, 4) is 33.8 Å². The van der Waals surface area contributed by atoms with Crippen LogP contribution in [0.15, 0.2) is 170 Å². The second-order valence-corrected chi connectivity index (χ2v) is 13.0. The van der Waals surface area contributed by atoms with Gasteiger partial charge in [0.15, 0.2) is 5.82 Å². The lowest BCUT2D eigenvalue weighted by molar-refractivity contribution is 0.610. The van der Waals surface area contributed by atoms with Crippen LogP contribution in [0.1, 0.15) is 54.8 Å². The van der Waals surface area contributed by atoms with Gasteiger partial charge in [0.05, 0.1) is 5.69 Å². The van der Waals surface area contributed by atoms with Gasteiger partial charge in [-0.3, -0.25) is 4.98 Å². The van der Waals surface area contributed by atoms with Gasteiger partial charge < -0.3 is 0 Å². The fraction of sp³-hybridized carbons (Fsp3) is 0.128. The minimum Gasteiger partial charge on any atom is -0.264 e. The summed E-state index contributed by atoms with van der Waals surface area (Å²) < 4.78 is 0. The molecule has 3 heteroatoms. The van der Waals surface area contributed by atoms with E-state index in [2.05, 4.69) is 145 Å². The number of aromatic nitrogens is 3. The highest BCUT2D eigenvalue weighted by atomic mass is 14.9. The molecule has 8 rings (SSSR count). The molecule has 0 fully saturated rings.